The smallest absolute Gasteiger partial charge is 0.325 e. The highest BCUT2D eigenvalue weighted by atomic mass is 16.5. The number of rotatable bonds is 4. The Balaban J connectivity index is 2.87. The van der Waals surface area contributed by atoms with Gasteiger partial charge in [-0.2, -0.15) is 0 Å². The van der Waals surface area contributed by atoms with Crippen LogP contribution in [0.25, 0.3) is 0 Å². The average Bonchev–Trinajstić information content (AvgIpc) is 2.31. The Morgan fingerprint density at radius 2 is 1.94 bits per heavy atom. The third-order valence-corrected chi connectivity index (χ3v) is 3.54. The molecule has 0 N–H and O–H groups in total. The molecule has 1 aromatic rings. The number of aryl methyl sites for hydroxylation is 2. The van der Waals surface area contributed by atoms with Crippen molar-refractivity contribution in [2.45, 2.75) is 39.8 Å². The molecule has 0 unspecified atom stereocenters. The van der Waals surface area contributed by atoms with E-state index in [1.807, 2.05) is 25.8 Å². The van der Waals surface area contributed by atoms with Crippen LogP contribution in [0.5, 0.6) is 0 Å². The monoisotopic (exact) mass is 249 g/mol. The number of carbonyl (C=O) groups excluding carboxylic acids is 1. The molecule has 0 aliphatic rings. The fourth-order valence-corrected chi connectivity index (χ4v) is 1.88. The first-order valence-electron chi connectivity index (χ1n) is 6.15. The third-order valence-electron chi connectivity index (χ3n) is 3.54. The molecule has 100 valence electrons. The molecular formula is C15H23NO2. The standard InChI is InChI=1S/C15H23NO2/c1-11-7-8-13(12(2)9-11)10-16(5)15(3,4)14(17)18-6/h7-9H,10H2,1-6H3. The molecule has 0 aliphatic heterocycles. The van der Waals surface area contributed by atoms with Crippen molar-refractivity contribution in [1.82, 2.24) is 4.90 Å². The van der Waals surface area contributed by atoms with Crippen LogP contribution in [0.1, 0.15) is 30.5 Å². The number of likely N-dealkylation sites (N-methyl/N-ethyl adjacent to an activating group) is 1. The predicted octanol–water partition coefficient (Wildman–Crippen LogP) is 2.69. The van der Waals surface area contributed by atoms with Crippen molar-refractivity contribution in [3.63, 3.8) is 0 Å². The van der Waals surface area contributed by atoms with Gasteiger partial charge in [0.15, 0.2) is 0 Å². The van der Waals surface area contributed by atoms with Gasteiger partial charge >= 0.3 is 5.97 Å². The van der Waals surface area contributed by atoms with Gasteiger partial charge < -0.3 is 4.74 Å². The lowest BCUT2D eigenvalue weighted by Crippen LogP contribution is -2.48. The van der Waals surface area contributed by atoms with Gasteiger partial charge in [-0.05, 0) is 45.9 Å². The molecule has 0 bridgehead atoms. The van der Waals surface area contributed by atoms with Crippen LogP contribution in [0.15, 0.2) is 18.2 Å². The fraction of sp³-hybridized carbons (Fsp3) is 0.533. The van der Waals surface area contributed by atoms with Gasteiger partial charge in [0.1, 0.15) is 5.54 Å². The van der Waals surface area contributed by atoms with E-state index >= 15 is 0 Å². The zero-order valence-electron chi connectivity index (χ0n) is 12.2. The maximum Gasteiger partial charge on any atom is 0.325 e. The van der Waals surface area contributed by atoms with E-state index in [-0.39, 0.29) is 5.97 Å². The number of nitrogens with zero attached hydrogens (tertiary/aromatic N) is 1. The summed E-state index contributed by atoms with van der Waals surface area (Å²) in [5, 5.41) is 0. The van der Waals surface area contributed by atoms with E-state index < -0.39 is 5.54 Å². The first kappa shape index (κ1) is 14.7. The minimum atomic E-state index is -0.619. The molecule has 0 radical (unpaired) electrons. The number of esters is 1. The van der Waals surface area contributed by atoms with Crippen molar-refractivity contribution >= 4 is 5.97 Å². The zero-order valence-corrected chi connectivity index (χ0v) is 12.2. The maximum atomic E-state index is 11.7. The minimum absolute atomic E-state index is 0.213. The van der Waals surface area contributed by atoms with Crippen molar-refractivity contribution in [3.8, 4) is 0 Å². The van der Waals surface area contributed by atoms with Crippen LogP contribution in [-0.4, -0.2) is 30.6 Å². The van der Waals surface area contributed by atoms with Crippen LogP contribution in [0.3, 0.4) is 0 Å². The van der Waals surface area contributed by atoms with Gasteiger partial charge in [-0.1, -0.05) is 23.8 Å². The van der Waals surface area contributed by atoms with E-state index in [0.29, 0.717) is 0 Å². The van der Waals surface area contributed by atoms with Gasteiger partial charge in [0.2, 0.25) is 0 Å². The molecule has 0 heterocycles. The molecule has 0 amide bonds. The minimum Gasteiger partial charge on any atom is -0.468 e. The second kappa shape index (κ2) is 5.53. The Labute approximate surface area is 110 Å². The van der Waals surface area contributed by atoms with Crippen molar-refractivity contribution in [2.75, 3.05) is 14.2 Å². The van der Waals surface area contributed by atoms with E-state index in [0.717, 1.165) is 6.54 Å². The molecule has 0 saturated carbocycles. The summed E-state index contributed by atoms with van der Waals surface area (Å²) >= 11 is 0. The number of methoxy groups -OCH3 is 1. The van der Waals surface area contributed by atoms with Crippen LogP contribution in [-0.2, 0) is 16.1 Å². The third kappa shape index (κ3) is 3.10. The summed E-state index contributed by atoms with van der Waals surface area (Å²) in [5.41, 5.74) is 3.13. The van der Waals surface area contributed by atoms with Crippen molar-refractivity contribution in [2.24, 2.45) is 0 Å². The van der Waals surface area contributed by atoms with E-state index in [9.17, 15) is 4.79 Å². The quantitative estimate of drug-likeness (QED) is 0.768. The van der Waals surface area contributed by atoms with E-state index in [4.69, 9.17) is 4.74 Å². The molecule has 1 aromatic carbocycles. The normalized spacial score (nSPS) is 11.7. The largest absolute Gasteiger partial charge is 0.468 e. The van der Waals surface area contributed by atoms with Crippen LogP contribution in [0.2, 0.25) is 0 Å². The van der Waals surface area contributed by atoms with Crippen LogP contribution >= 0.6 is 0 Å². The number of hydrogen-bond donors (Lipinski definition) is 0. The fourth-order valence-electron chi connectivity index (χ4n) is 1.88. The molecule has 0 fully saturated rings. The molecule has 18 heavy (non-hydrogen) atoms. The van der Waals surface area contributed by atoms with Crippen LogP contribution in [0.4, 0.5) is 0 Å². The van der Waals surface area contributed by atoms with Crippen molar-refractivity contribution < 1.29 is 9.53 Å². The summed E-state index contributed by atoms with van der Waals surface area (Å²) in [6.07, 6.45) is 0. The summed E-state index contributed by atoms with van der Waals surface area (Å²) in [6.45, 7) is 8.67. The Morgan fingerprint density at radius 3 is 2.44 bits per heavy atom. The summed E-state index contributed by atoms with van der Waals surface area (Å²) < 4.78 is 4.84. The topological polar surface area (TPSA) is 29.5 Å². The molecule has 0 saturated heterocycles. The van der Waals surface area contributed by atoms with Crippen LogP contribution < -0.4 is 0 Å². The lowest BCUT2D eigenvalue weighted by atomic mass is 10.0. The van der Waals surface area contributed by atoms with Crippen molar-refractivity contribution in [3.05, 3.63) is 34.9 Å². The zero-order chi connectivity index (χ0) is 13.9. The molecule has 0 aliphatic carbocycles. The first-order chi connectivity index (χ1) is 8.28. The van der Waals surface area contributed by atoms with Crippen molar-refractivity contribution in [1.29, 1.82) is 0 Å². The first-order valence-corrected chi connectivity index (χ1v) is 6.15. The van der Waals surface area contributed by atoms with E-state index in [2.05, 4.69) is 32.0 Å². The highest BCUT2D eigenvalue weighted by molar-refractivity contribution is 5.79. The summed E-state index contributed by atoms with van der Waals surface area (Å²) in [4.78, 5) is 13.8. The Hall–Kier alpha value is -1.35. The maximum absolute atomic E-state index is 11.7. The second-order valence-corrected chi connectivity index (χ2v) is 5.34. The van der Waals surface area contributed by atoms with Gasteiger partial charge in [-0.25, -0.2) is 0 Å². The number of carbonyl (C=O) groups is 1. The molecule has 0 atom stereocenters. The average molecular weight is 249 g/mol. The molecule has 3 nitrogen and oxygen atoms in total. The highest BCUT2D eigenvalue weighted by Gasteiger charge is 2.33. The molecule has 3 heteroatoms. The van der Waals surface area contributed by atoms with Gasteiger partial charge in [0.05, 0.1) is 7.11 Å². The summed E-state index contributed by atoms with van der Waals surface area (Å²) in [7, 11) is 3.37. The van der Waals surface area contributed by atoms with Gasteiger partial charge in [-0.3, -0.25) is 9.69 Å². The Kier molecular flexibility index (Phi) is 4.52. The Bertz CT molecular complexity index is 438. The number of ether oxygens (including phenoxy) is 1. The Morgan fingerprint density at radius 1 is 1.33 bits per heavy atom. The number of benzene rings is 1. The molecule has 0 spiro atoms. The van der Waals surface area contributed by atoms with E-state index in [1.165, 1.54) is 23.8 Å². The molecular weight excluding hydrogens is 226 g/mol. The number of hydrogen-bond acceptors (Lipinski definition) is 3. The lowest BCUT2D eigenvalue weighted by molar-refractivity contribution is -0.152. The van der Waals surface area contributed by atoms with Gasteiger partial charge in [-0.15, -0.1) is 0 Å². The lowest BCUT2D eigenvalue weighted by Gasteiger charge is -2.33. The molecule has 1 rings (SSSR count). The second-order valence-electron chi connectivity index (χ2n) is 5.34. The SMILES string of the molecule is COC(=O)C(C)(C)N(C)Cc1ccc(C)cc1C. The van der Waals surface area contributed by atoms with Gasteiger partial charge in [0, 0.05) is 6.54 Å². The molecule has 0 aromatic heterocycles. The summed E-state index contributed by atoms with van der Waals surface area (Å²) in [6, 6.07) is 6.38. The predicted molar refractivity (Wildman–Crippen MR) is 73.5 cm³/mol. The van der Waals surface area contributed by atoms with Crippen LogP contribution in [0, 0.1) is 13.8 Å². The van der Waals surface area contributed by atoms with Gasteiger partial charge in [0.25, 0.3) is 0 Å². The highest BCUT2D eigenvalue weighted by Crippen LogP contribution is 2.19. The van der Waals surface area contributed by atoms with E-state index in [1.54, 1.807) is 0 Å². The summed E-state index contributed by atoms with van der Waals surface area (Å²) in [5.74, 6) is -0.213.